The summed E-state index contributed by atoms with van der Waals surface area (Å²) in [6.07, 6.45) is 0. The highest BCUT2D eigenvalue weighted by atomic mass is 32.2. The van der Waals surface area contributed by atoms with Gasteiger partial charge in [-0.2, -0.15) is 0 Å². The van der Waals surface area contributed by atoms with E-state index in [1.807, 2.05) is 0 Å². The molecule has 0 aromatic heterocycles. The highest BCUT2D eigenvalue weighted by Gasteiger charge is 2.08. The molecule has 8 nitrogen and oxygen atoms in total. The van der Waals surface area contributed by atoms with E-state index in [9.17, 15) is 24.4 Å². The molecular formula is C14H12N2O6S. The van der Waals surface area contributed by atoms with Gasteiger partial charge in [-0.1, -0.05) is 12.1 Å². The minimum Gasteiger partial charge on any atom is -0.285 e. The van der Waals surface area contributed by atoms with Crippen molar-refractivity contribution in [1.29, 1.82) is 0 Å². The Morgan fingerprint density at radius 3 is 1.70 bits per heavy atom. The second-order valence-corrected chi connectivity index (χ2v) is 5.69. The Hall–Kier alpha value is -2.65. The Bertz CT molecular complexity index is 730. The standard InChI is InChI=1S/C14H12N2O6S/c17-15(18)13-5-1-11(2-6-13)9-22-23(21)10-12-3-7-14(8-4-12)16(19)20/h1-8H,9-10H2. The average Bonchev–Trinajstić information content (AvgIpc) is 2.54. The maximum atomic E-state index is 11.8. The zero-order valence-corrected chi connectivity index (χ0v) is 12.6. The first-order valence-electron chi connectivity index (χ1n) is 6.44. The van der Waals surface area contributed by atoms with Crippen molar-refractivity contribution in [2.24, 2.45) is 0 Å². The van der Waals surface area contributed by atoms with Gasteiger partial charge in [0.2, 0.25) is 0 Å². The largest absolute Gasteiger partial charge is 0.285 e. The van der Waals surface area contributed by atoms with Crippen LogP contribution in [0.4, 0.5) is 11.4 Å². The van der Waals surface area contributed by atoms with Gasteiger partial charge in [0.05, 0.1) is 22.2 Å². The molecule has 0 radical (unpaired) electrons. The van der Waals surface area contributed by atoms with Crippen molar-refractivity contribution in [2.75, 3.05) is 0 Å². The molecule has 1 atom stereocenters. The third-order valence-electron chi connectivity index (χ3n) is 2.94. The molecule has 9 heteroatoms. The first kappa shape index (κ1) is 16.7. The van der Waals surface area contributed by atoms with E-state index in [1.165, 1.54) is 48.5 Å². The maximum Gasteiger partial charge on any atom is 0.269 e. The predicted octanol–water partition coefficient (Wildman–Crippen LogP) is 2.88. The lowest BCUT2D eigenvalue weighted by molar-refractivity contribution is -0.385. The number of nitro benzene ring substituents is 2. The van der Waals surface area contributed by atoms with Crippen LogP contribution in [0.1, 0.15) is 11.1 Å². The quantitative estimate of drug-likeness (QED) is 0.567. The van der Waals surface area contributed by atoms with Crippen molar-refractivity contribution in [1.82, 2.24) is 0 Å². The van der Waals surface area contributed by atoms with Crippen LogP contribution in [0.25, 0.3) is 0 Å². The highest BCUT2D eigenvalue weighted by molar-refractivity contribution is 7.79. The zero-order chi connectivity index (χ0) is 16.8. The third kappa shape index (κ3) is 4.94. The number of nitrogens with zero attached hydrogens (tertiary/aromatic N) is 2. The van der Waals surface area contributed by atoms with E-state index in [0.717, 1.165) is 0 Å². The van der Waals surface area contributed by atoms with Crippen LogP contribution in [0.15, 0.2) is 48.5 Å². The van der Waals surface area contributed by atoms with E-state index in [1.54, 1.807) is 0 Å². The van der Waals surface area contributed by atoms with Gasteiger partial charge in [0.15, 0.2) is 11.1 Å². The van der Waals surface area contributed by atoms with E-state index in [0.29, 0.717) is 11.1 Å². The minimum absolute atomic E-state index is 0.0271. The Morgan fingerprint density at radius 2 is 1.26 bits per heavy atom. The summed E-state index contributed by atoms with van der Waals surface area (Å²) in [5, 5.41) is 21.1. The fraction of sp³-hybridized carbons (Fsp3) is 0.143. The third-order valence-corrected chi connectivity index (χ3v) is 3.89. The van der Waals surface area contributed by atoms with Gasteiger partial charge in [-0.25, -0.2) is 4.21 Å². The topological polar surface area (TPSA) is 113 Å². The molecule has 0 N–H and O–H groups in total. The van der Waals surface area contributed by atoms with Crippen LogP contribution in [-0.4, -0.2) is 14.1 Å². The lowest BCUT2D eigenvalue weighted by Crippen LogP contribution is -2.01. The molecule has 0 heterocycles. The fourth-order valence-corrected chi connectivity index (χ4v) is 2.55. The van der Waals surface area contributed by atoms with Crippen molar-refractivity contribution in [3.05, 3.63) is 79.9 Å². The molecule has 120 valence electrons. The van der Waals surface area contributed by atoms with Gasteiger partial charge in [0, 0.05) is 24.3 Å². The average molecular weight is 336 g/mol. The maximum absolute atomic E-state index is 11.8. The van der Waals surface area contributed by atoms with Gasteiger partial charge >= 0.3 is 0 Å². The summed E-state index contributed by atoms with van der Waals surface area (Å²) in [4.78, 5) is 20.1. The summed E-state index contributed by atoms with van der Waals surface area (Å²) in [5.41, 5.74) is 1.25. The molecule has 0 saturated heterocycles. The van der Waals surface area contributed by atoms with Crippen molar-refractivity contribution in [3.63, 3.8) is 0 Å². The number of benzene rings is 2. The van der Waals surface area contributed by atoms with Gasteiger partial charge in [-0.3, -0.25) is 24.4 Å². The van der Waals surface area contributed by atoms with Crippen molar-refractivity contribution >= 4 is 22.5 Å². The number of non-ortho nitro benzene ring substituents is 2. The molecule has 0 spiro atoms. The van der Waals surface area contributed by atoms with E-state index in [-0.39, 0.29) is 23.7 Å². The second kappa shape index (κ2) is 7.56. The van der Waals surface area contributed by atoms with E-state index in [4.69, 9.17) is 4.18 Å². The van der Waals surface area contributed by atoms with Gasteiger partial charge in [0.25, 0.3) is 11.4 Å². The highest BCUT2D eigenvalue weighted by Crippen LogP contribution is 2.15. The molecule has 0 amide bonds. The molecule has 23 heavy (non-hydrogen) atoms. The summed E-state index contributed by atoms with van der Waals surface area (Å²) >= 11 is -1.61. The smallest absolute Gasteiger partial charge is 0.269 e. The monoisotopic (exact) mass is 336 g/mol. The summed E-state index contributed by atoms with van der Waals surface area (Å²) in [5.74, 6) is 0.102. The first-order valence-corrected chi connectivity index (χ1v) is 7.68. The van der Waals surface area contributed by atoms with Crippen LogP contribution in [-0.2, 0) is 27.6 Å². The molecule has 2 rings (SSSR count). The van der Waals surface area contributed by atoms with Crippen LogP contribution < -0.4 is 0 Å². The van der Waals surface area contributed by atoms with Crippen LogP contribution in [0, 0.1) is 20.2 Å². The minimum atomic E-state index is -1.61. The summed E-state index contributed by atoms with van der Waals surface area (Å²) in [7, 11) is 0. The normalized spacial score (nSPS) is 11.8. The van der Waals surface area contributed by atoms with E-state index in [2.05, 4.69) is 0 Å². The molecule has 1 unspecified atom stereocenters. The predicted molar refractivity (Wildman–Crippen MR) is 82.8 cm³/mol. The van der Waals surface area contributed by atoms with Gasteiger partial charge in [-0.05, 0) is 23.3 Å². The molecule has 2 aromatic rings. The van der Waals surface area contributed by atoms with Gasteiger partial charge in [0.1, 0.15) is 0 Å². The number of nitro groups is 2. The van der Waals surface area contributed by atoms with E-state index >= 15 is 0 Å². The lowest BCUT2D eigenvalue weighted by Gasteiger charge is -2.04. The Labute approximate surface area is 133 Å². The Kier molecular flexibility index (Phi) is 5.50. The van der Waals surface area contributed by atoms with E-state index < -0.39 is 20.9 Å². The first-order chi connectivity index (χ1) is 11.0. The summed E-state index contributed by atoms with van der Waals surface area (Å²) < 4.78 is 17.0. The van der Waals surface area contributed by atoms with Crippen molar-refractivity contribution < 1.29 is 18.2 Å². The zero-order valence-electron chi connectivity index (χ0n) is 11.8. The Balaban J connectivity index is 1.87. The molecule has 0 aliphatic heterocycles. The van der Waals surface area contributed by atoms with Gasteiger partial charge in [-0.15, -0.1) is 0 Å². The molecule has 0 aliphatic rings. The van der Waals surface area contributed by atoms with Crippen molar-refractivity contribution in [3.8, 4) is 0 Å². The van der Waals surface area contributed by atoms with Gasteiger partial charge < -0.3 is 0 Å². The number of hydrogen-bond donors (Lipinski definition) is 0. The van der Waals surface area contributed by atoms with Crippen LogP contribution >= 0.6 is 0 Å². The SMILES string of the molecule is O=[N+]([O-])c1ccc(COS(=O)Cc2ccc([N+](=O)[O-])cc2)cc1. The molecule has 0 saturated carbocycles. The molecule has 0 fully saturated rings. The molecular weight excluding hydrogens is 324 g/mol. The van der Waals surface area contributed by atoms with Crippen molar-refractivity contribution in [2.45, 2.75) is 12.4 Å². The summed E-state index contributed by atoms with van der Waals surface area (Å²) in [6.45, 7) is 0.0532. The molecule has 2 aromatic carbocycles. The Morgan fingerprint density at radius 1 is 0.826 bits per heavy atom. The molecule has 0 aliphatic carbocycles. The summed E-state index contributed by atoms with van der Waals surface area (Å²) in [6, 6.07) is 11.5. The van der Waals surface area contributed by atoms with Crippen LogP contribution in [0.2, 0.25) is 0 Å². The molecule has 0 bridgehead atoms. The van der Waals surface area contributed by atoms with Crippen LogP contribution in [0.3, 0.4) is 0 Å². The number of hydrogen-bond acceptors (Lipinski definition) is 6. The second-order valence-electron chi connectivity index (χ2n) is 4.56. The lowest BCUT2D eigenvalue weighted by atomic mass is 10.2. The fourth-order valence-electron chi connectivity index (χ4n) is 1.74. The van der Waals surface area contributed by atoms with Crippen LogP contribution in [0.5, 0.6) is 0 Å². The number of rotatable bonds is 7.